The number of ether oxygens (including phenoxy) is 1. The predicted octanol–water partition coefficient (Wildman–Crippen LogP) is -0.386. The third kappa shape index (κ3) is 2.97. The quantitative estimate of drug-likeness (QED) is 0.652. The number of halogens is 1. The Labute approximate surface area is 78.5 Å². The van der Waals surface area contributed by atoms with E-state index in [0.29, 0.717) is 6.54 Å². The van der Waals surface area contributed by atoms with Gasteiger partial charge in [-0.05, 0) is 6.42 Å². The van der Waals surface area contributed by atoms with Crippen LogP contribution in [0.2, 0.25) is 0 Å². The second-order valence-corrected chi connectivity index (χ2v) is 2.82. The minimum Gasteiger partial charge on any atom is -0.375 e. The molecule has 1 amide bonds. The number of methoxy groups -OCH3 is 1. The van der Waals surface area contributed by atoms with E-state index in [0.717, 1.165) is 13.0 Å². The van der Waals surface area contributed by atoms with Crippen molar-refractivity contribution in [1.29, 1.82) is 0 Å². The van der Waals surface area contributed by atoms with Gasteiger partial charge in [0.25, 0.3) is 0 Å². The molecule has 1 unspecified atom stereocenters. The fraction of sp³-hybridized carbons (Fsp3) is 0.857. The molecule has 0 saturated carbocycles. The van der Waals surface area contributed by atoms with E-state index in [4.69, 9.17) is 10.5 Å². The number of rotatable bonds is 2. The fourth-order valence-corrected chi connectivity index (χ4v) is 1.23. The van der Waals surface area contributed by atoms with E-state index in [1.165, 1.54) is 7.11 Å². The molecule has 1 heterocycles. The highest BCUT2D eigenvalue weighted by molar-refractivity contribution is 5.85. The van der Waals surface area contributed by atoms with E-state index in [9.17, 15) is 4.79 Å². The number of likely N-dealkylation sites (tertiary alicyclic amines) is 1. The minimum absolute atomic E-state index is 0. The maximum absolute atomic E-state index is 11.1. The Morgan fingerprint density at radius 2 is 2.42 bits per heavy atom. The lowest BCUT2D eigenvalue weighted by molar-refractivity contribution is -0.134. The van der Waals surface area contributed by atoms with Crippen molar-refractivity contribution in [2.45, 2.75) is 12.5 Å². The van der Waals surface area contributed by atoms with Crippen LogP contribution in [-0.2, 0) is 9.53 Å². The summed E-state index contributed by atoms with van der Waals surface area (Å²) in [5, 5.41) is 0. The minimum atomic E-state index is 0. The zero-order valence-corrected chi connectivity index (χ0v) is 7.97. The van der Waals surface area contributed by atoms with Crippen LogP contribution < -0.4 is 5.73 Å². The number of amides is 1. The van der Waals surface area contributed by atoms with Crippen molar-refractivity contribution in [3.8, 4) is 0 Å². The molecule has 1 saturated heterocycles. The molecule has 12 heavy (non-hydrogen) atoms. The Kier molecular flexibility index (Phi) is 5.20. The van der Waals surface area contributed by atoms with Gasteiger partial charge in [0.05, 0.1) is 0 Å². The van der Waals surface area contributed by atoms with Crippen molar-refractivity contribution in [2.75, 3.05) is 26.8 Å². The first-order chi connectivity index (χ1) is 5.24. The summed E-state index contributed by atoms with van der Waals surface area (Å²) in [6.45, 7) is 1.64. The molecule has 0 bridgehead atoms. The van der Waals surface area contributed by atoms with Crippen LogP contribution in [0.3, 0.4) is 0 Å². The van der Waals surface area contributed by atoms with Gasteiger partial charge in [-0.2, -0.15) is 0 Å². The van der Waals surface area contributed by atoms with Crippen molar-refractivity contribution >= 4 is 18.3 Å². The third-order valence-electron chi connectivity index (χ3n) is 1.85. The number of carbonyl (C=O) groups excluding carboxylic acids is 1. The van der Waals surface area contributed by atoms with Gasteiger partial charge in [0, 0.05) is 26.2 Å². The summed E-state index contributed by atoms with van der Waals surface area (Å²) in [5.74, 6) is 0.0421. The fourth-order valence-electron chi connectivity index (χ4n) is 1.23. The first kappa shape index (κ1) is 11.7. The highest BCUT2D eigenvalue weighted by atomic mass is 35.5. The number of hydrogen-bond donors (Lipinski definition) is 1. The van der Waals surface area contributed by atoms with Gasteiger partial charge in [-0.1, -0.05) is 0 Å². The summed E-state index contributed by atoms with van der Waals surface area (Å²) in [7, 11) is 1.52. The summed E-state index contributed by atoms with van der Waals surface area (Å²) in [6.07, 6.45) is 0.912. The Bertz CT molecular complexity index is 154. The zero-order chi connectivity index (χ0) is 8.27. The zero-order valence-electron chi connectivity index (χ0n) is 7.16. The number of nitrogens with zero attached hydrogens (tertiary/aromatic N) is 1. The maximum atomic E-state index is 11.1. The number of nitrogens with two attached hydrogens (primary N) is 1. The number of hydrogen-bond acceptors (Lipinski definition) is 3. The molecule has 2 N–H and O–H groups in total. The number of carbonyl (C=O) groups is 1. The van der Waals surface area contributed by atoms with Crippen LogP contribution in [0.4, 0.5) is 0 Å². The smallest absolute Gasteiger partial charge is 0.248 e. The lowest BCUT2D eigenvalue weighted by Gasteiger charge is -2.14. The maximum Gasteiger partial charge on any atom is 0.248 e. The molecule has 72 valence electrons. The largest absolute Gasteiger partial charge is 0.375 e. The summed E-state index contributed by atoms with van der Waals surface area (Å²) in [4.78, 5) is 12.9. The van der Waals surface area contributed by atoms with Crippen LogP contribution in [0.1, 0.15) is 6.42 Å². The van der Waals surface area contributed by atoms with E-state index in [1.54, 1.807) is 4.90 Å². The van der Waals surface area contributed by atoms with Gasteiger partial charge in [-0.3, -0.25) is 4.79 Å². The SMILES string of the molecule is COCC(=O)N1CCC(N)C1.Cl. The molecule has 1 atom stereocenters. The molecule has 0 aromatic heterocycles. The van der Waals surface area contributed by atoms with Crippen molar-refractivity contribution < 1.29 is 9.53 Å². The van der Waals surface area contributed by atoms with Gasteiger partial charge in [0.15, 0.2) is 0 Å². The van der Waals surface area contributed by atoms with E-state index < -0.39 is 0 Å². The molecule has 0 aromatic rings. The van der Waals surface area contributed by atoms with Crippen molar-refractivity contribution in [3.05, 3.63) is 0 Å². The molecule has 5 heteroatoms. The predicted molar refractivity (Wildman–Crippen MR) is 48.3 cm³/mol. The van der Waals surface area contributed by atoms with Gasteiger partial charge in [-0.15, -0.1) is 12.4 Å². The van der Waals surface area contributed by atoms with Crippen molar-refractivity contribution in [3.63, 3.8) is 0 Å². The summed E-state index contributed by atoms with van der Waals surface area (Å²) < 4.78 is 4.72. The van der Waals surface area contributed by atoms with Crippen LogP contribution in [0.5, 0.6) is 0 Å². The molecule has 1 aliphatic rings. The second kappa shape index (κ2) is 5.35. The topological polar surface area (TPSA) is 55.6 Å². The lowest BCUT2D eigenvalue weighted by atomic mass is 10.3. The van der Waals surface area contributed by atoms with E-state index in [1.807, 2.05) is 0 Å². The Hall–Kier alpha value is -0.320. The van der Waals surface area contributed by atoms with Gasteiger partial charge < -0.3 is 15.4 Å². The van der Waals surface area contributed by atoms with E-state index >= 15 is 0 Å². The summed E-state index contributed by atoms with van der Waals surface area (Å²) in [6, 6.07) is 0.163. The van der Waals surface area contributed by atoms with Crippen LogP contribution in [-0.4, -0.2) is 43.7 Å². The Morgan fingerprint density at radius 1 is 1.75 bits per heavy atom. The monoisotopic (exact) mass is 194 g/mol. The second-order valence-electron chi connectivity index (χ2n) is 2.82. The Balaban J connectivity index is 0.00000121. The molecule has 1 rings (SSSR count). The van der Waals surface area contributed by atoms with Crippen LogP contribution in [0.25, 0.3) is 0 Å². The molecule has 0 spiro atoms. The van der Waals surface area contributed by atoms with Gasteiger partial charge in [0.1, 0.15) is 6.61 Å². The van der Waals surface area contributed by atoms with Gasteiger partial charge in [0.2, 0.25) is 5.91 Å². The molecular formula is C7H15ClN2O2. The molecule has 0 radical (unpaired) electrons. The van der Waals surface area contributed by atoms with Crippen LogP contribution in [0, 0.1) is 0 Å². The lowest BCUT2D eigenvalue weighted by Crippen LogP contribution is -2.34. The first-order valence-electron chi connectivity index (χ1n) is 3.76. The molecule has 0 aromatic carbocycles. The molecule has 1 aliphatic heterocycles. The van der Waals surface area contributed by atoms with Gasteiger partial charge in [-0.25, -0.2) is 0 Å². The van der Waals surface area contributed by atoms with Crippen molar-refractivity contribution in [1.82, 2.24) is 4.90 Å². The third-order valence-corrected chi connectivity index (χ3v) is 1.85. The molecule has 1 fully saturated rings. The van der Waals surface area contributed by atoms with Crippen LogP contribution in [0.15, 0.2) is 0 Å². The molecule has 4 nitrogen and oxygen atoms in total. The highest BCUT2D eigenvalue weighted by Gasteiger charge is 2.22. The van der Waals surface area contributed by atoms with Crippen LogP contribution >= 0.6 is 12.4 Å². The van der Waals surface area contributed by atoms with E-state index in [2.05, 4.69) is 0 Å². The Morgan fingerprint density at radius 3 is 2.83 bits per heavy atom. The van der Waals surface area contributed by atoms with Crippen molar-refractivity contribution in [2.24, 2.45) is 5.73 Å². The summed E-state index contributed by atoms with van der Waals surface area (Å²) >= 11 is 0. The standard InChI is InChI=1S/C7H14N2O2.ClH/c1-11-5-7(10)9-3-2-6(8)4-9;/h6H,2-5,8H2,1H3;1H. The normalized spacial score (nSPS) is 22.2. The first-order valence-corrected chi connectivity index (χ1v) is 3.76. The molecule has 0 aliphatic carbocycles. The van der Waals surface area contributed by atoms with E-state index in [-0.39, 0.29) is 31.0 Å². The van der Waals surface area contributed by atoms with Gasteiger partial charge >= 0.3 is 0 Å². The summed E-state index contributed by atoms with van der Waals surface area (Å²) in [5.41, 5.74) is 5.62. The molecular weight excluding hydrogens is 180 g/mol. The average molecular weight is 195 g/mol. The average Bonchev–Trinajstić information content (AvgIpc) is 2.36. The highest BCUT2D eigenvalue weighted by Crippen LogP contribution is 2.06.